The normalized spacial score (nSPS) is 10.6. The molecule has 0 aliphatic heterocycles. The fourth-order valence-electron chi connectivity index (χ4n) is 2.34. The van der Waals surface area contributed by atoms with Crippen LogP contribution >= 0.6 is 23.2 Å². The van der Waals surface area contributed by atoms with E-state index in [0.717, 1.165) is 30.1 Å². The van der Waals surface area contributed by atoms with Crippen LogP contribution in [0.1, 0.15) is 16.8 Å². The van der Waals surface area contributed by atoms with Crippen LogP contribution in [0, 0.1) is 0 Å². The molecule has 0 aliphatic rings. The molecule has 128 valence electrons. The van der Waals surface area contributed by atoms with Gasteiger partial charge in [-0.15, -0.1) is 0 Å². The summed E-state index contributed by atoms with van der Waals surface area (Å²) in [6.07, 6.45) is 1.80. The Labute approximate surface area is 157 Å². The van der Waals surface area contributed by atoms with Gasteiger partial charge in [0.15, 0.2) is 0 Å². The number of nitrogens with zero attached hydrogens (tertiary/aromatic N) is 1. The number of hydrogen-bond donors (Lipinski definition) is 1. The third-order valence-corrected chi connectivity index (χ3v) is 4.41. The van der Waals surface area contributed by atoms with E-state index in [4.69, 9.17) is 27.9 Å². The molecule has 3 nitrogen and oxygen atoms in total. The topological polar surface area (TPSA) is 34.1 Å². The van der Waals surface area contributed by atoms with Crippen LogP contribution in [0.15, 0.2) is 66.9 Å². The third kappa shape index (κ3) is 5.46. The molecule has 0 saturated heterocycles. The minimum absolute atomic E-state index is 0.453. The zero-order chi connectivity index (χ0) is 17.5. The Balaban J connectivity index is 1.47. The zero-order valence-corrected chi connectivity index (χ0v) is 15.1. The SMILES string of the molecule is Clc1ccc(COc2ccc(CNCc3ccccn3)cc2)cc1Cl. The fourth-order valence-corrected chi connectivity index (χ4v) is 2.66. The lowest BCUT2D eigenvalue weighted by Gasteiger charge is -2.09. The predicted molar refractivity (Wildman–Crippen MR) is 102 cm³/mol. The second-order valence-corrected chi connectivity index (χ2v) is 6.42. The number of benzene rings is 2. The molecule has 2 aromatic carbocycles. The summed E-state index contributed by atoms with van der Waals surface area (Å²) in [5.74, 6) is 0.819. The van der Waals surface area contributed by atoms with E-state index >= 15 is 0 Å². The van der Waals surface area contributed by atoms with Crippen molar-refractivity contribution in [2.24, 2.45) is 0 Å². The number of aromatic nitrogens is 1. The summed E-state index contributed by atoms with van der Waals surface area (Å²) in [6, 6.07) is 19.5. The lowest BCUT2D eigenvalue weighted by atomic mass is 10.2. The molecule has 0 bridgehead atoms. The summed E-state index contributed by atoms with van der Waals surface area (Å²) in [6.45, 7) is 1.98. The minimum Gasteiger partial charge on any atom is -0.489 e. The molecule has 0 spiro atoms. The highest BCUT2D eigenvalue weighted by molar-refractivity contribution is 6.42. The average Bonchev–Trinajstić information content (AvgIpc) is 2.65. The summed E-state index contributed by atoms with van der Waals surface area (Å²) in [4.78, 5) is 4.29. The summed E-state index contributed by atoms with van der Waals surface area (Å²) >= 11 is 11.9. The molecule has 3 aromatic rings. The van der Waals surface area contributed by atoms with Crippen molar-refractivity contribution in [1.82, 2.24) is 10.3 Å². The number of pyridine rings is 1. The molecule has 0 aliphatic carbocycles. The molecule has 5 heteroatoms. The highest BCUT2D eigenvalue weighted by Crippen LogP contribution is 2.23. The Hall–Kier alpha value is -2.07. The van der Waals surface area contributed by atoms with E-state index in [1.54, 1.807) is 12.3 Å². The molecule has 0 saturated carbocycles. The Bertz CT molecular complexity index is 808. The molecule has 0 fully saturated rings. The summed E-state index contributed by atoms with van der Waals surface area (Å²) < 4.78 is 5.78. The summed E-state index contributed by atoms with van der Waals surface area (Å²) in [7, 11) is 0. The second kappa shape index (κ2) is 8.86. The first-order chi connectivity index (χ1) is 12.2. The first kappa shape index (κ1) is 17.7. The van der Waals surface area contributed by atoms with Crippen LogP contribution in [0.2, 0.25) is 10.0 Å². The molecule has 1 aromatic heterocycles. The first-order valence-corrected chi connectivity index (χ1v) is 8.72. The van der Waals surface area contributed by atoms with Gasteiger partial charge in [-0.25, -0.2) is 0 Å². The predicted octanol–water partition coefficient (Wildman–Crippen LogP) is 5.26. The lowest BCUT2D eigenvalue weighted by molar-refractivity contribution is 0.306. The Morgan fingerprint density at radius 1 is 0.840 bits per heavy atom. The molecular formula is C20H18Cl2N2O. The van der Waals surface area contributed by atoms with Gasteiger partial charge < -0.3 is 10.1 Å². The summed E-state index contributed by atoms with van der Waals surface area (Å²) in [5.41, 5.74) is 3.21. The average molecular weight is 373 g/mol. The highest BCUT2D eigenvalue weighted by atomic mass is 35.5. The van der Waals surface area contributed by atoms with Gasteiger partial charge in [-0.05, 0) is 47.5 Å². The third-order valence-electron chi connectivity index (χ3n) is 3.67. The maximum Gasteiger partial charge on any atom is 0.119 e. The maximum atomic E-state index is 6.01. The Morgan fingerprint density at radius 2 is 1.64 bits per heavy atom. The number of ether oxygens (including phenoxy) is 1. The molecular weight excluding hydrogens is 355 g/mol. The van der Waals surface area contributed by atoms with Gasteiger partial charge >= 0.3 is 0 Å². The van der Waals surface area contributed by atoms with Gasteiger partial charge in [-0.2, -0.15) is 0 Å². The number of rotatable bonds is 7. The van der Waals surface area contributed by atoms with Crippen molar-refractivity contribution in [2.75, 3.05) is 0 Å². The summed E-state index contributed by atoms with van der Waals surface area (Å²) in [5, 5.41) is 4.46. The molecule has 0 unspecified atom stereocenters. The van der Waals surface area contributed by atoms with Gasteiger partial charge in [-0.3, -0.25) is 4.98 Å². The smallest absolute Gasteiger partial charge is 0.119 e. The monoisotopic (exact) mass is 372 g/mol. The number of nitrogens with one attached hydrogen (secondary N) is 1. The van der Waals surface area contributed by atoms with Crippen LogP contribution in [0.4, 0.5) is 0 Å². The van der Waals surface area contributed by atoms with Gasteiger partial charge in [0.05, 0.1) is 15.7 Å². The largest absolute Gasteiger partial charge is 0.489 e. The molecule has 0 amide bonds. The van der Waals surface area contributed by atoms with Gasteiger partial charge in [0.25, 0.3) is 0 Å². The van der Waals surface area contributed by atoms with E-state index in [1.165, 1.54) is 5.56 Å². The molecule has 0 atom stereocenters. The molecule has 1 heterocycles. The quantitative estimate of drug-likeness (QED) is 0.614. The molecule has 3 rings (SSSR count). The Morgan fingerprint density at radius 3 is 2.36 bits per heavy atom. The zero-order valence-electron chi connectivity index (χ0n) is 13.6. The van der Waals surface area contributed by atoms with Crippen molar-refractivity contribution in [3.05, 3.63) is 93.7 Å². The van der Waals surface area contributed by atoms with Gasteiger partial charge in [0.2, 0.25) is 0 Å². The van der Waals surface area contributed by atoms with Crippen LogP contribution in [0.3, 0.4) is 0 Å². The van der Waals surface area contributed by atoms with Crippen molar-refractivity contribution < 1.29 is 4.74 Å². The van der Waals surface area contributed by atoms with E-state index in [2.05, 4.69) is 22.4 Å². The van der Waals surface area contributed by atoms with Crippen LogP contribution in [-0.2, 0) is 19.7 Å². The van der Waals surface area contributed by atoms with E-state index < -0.39 is 0 Å². The molecule has 25 heavy (non-hydrogen) atoms. The maximum absolute atomic E-state index is 6.01. The van der Waals surface area contributed by atoms with E-state index in [-0.39, 0.29) is 0 Å². The Kier molecular flexibility index (Phi) is 6.29. The lowest BCUT2D eigenvalue weighted by Crippen LogP contribution is -2.13. The molecule has 0 radical (unpaired) electrons. The van der Waals surface area contributed by atoms with E-state index in [9.17, 15) is 0 Å². The van der Waals surface area contributed by atoms with Gasteiger partial charge in [-0.1, -0.05) is 47.5 Å². The second-order valence-electron chi connectivity index (χ2n) is 5.61. The molecule has 1 N–H and O–H groups in total. The highest BCUT2D eigenvalue weighted by Gasteiger charge is 2.01. The van der Waals surface area contributed by atoms with Crippen LogP contribution in [0.5, 0.6) is 5.75 Å². The van der Waals surface area contributed by atoms with Crippen LogP contribution in [0.25, 0.3) is 0 Å². The van der Waals surface area contributed by atoms with Gasteiger partial charge in [0, 0.05) is 19.3 Å². The van der Waals surface area contributed by atoms with Crippen molar-refractivity contribution in [3.63, 3.8) is 0 Å². The number of halogens is 2. The van der Waals surface area contributed by atoms with Crippen LogP contribution < -0.4 is 10.1 Å². The van der Waals surface area contributed by atoms with E-state index in [0.29, 0.717) is 16.7 Å². The number of hydrogen-bond acceptors (Lipinski definition) is 3. The van der Waals surface area contributed by atoms with E-state index in [1.807, 2.05) is 42.5 Å². The van der Waals surface area contributed by atoms with Gasteiger partial charge in [0.1, 0.15) is 12.4 Å². The minimum atomic E-state index is 0.453. The van der Waals surface area contributed by atoms with Crippen molar-refractivity contribution in [3.8, 4) is 5.75 Å². The van der Waals surface area contributed by atoms with Crippen molar-refractivity contribution in [1.29, 1.82) is 0 Å². The van der Waals surface area contributed by atoms with Crippen LogP contribution in [-0.4, -0.2) is 4.98 Å². The van der Waals surface area contributed by atoms with Crippen molar-refractivity contribution >= 4 is 23.2 Å². The fraction of sp³-hybridized carbons (Fsp3) is 0.150. The van der Waals surface area contributed by atoms with Crippen molar-refractivity contribution in [2.45, 2.75) is 19.7 Å². The first-order valence-electron chi connectivity index (χ1n) is 7.97. The standard InChI is InChI=1S/C20H18Cl2N2O/c21-19-9-6-16(11-20(19)22)14-25-18-7-4-15(5-8-18)12-23-13-17-3-1-2-10-24-17/h1-11,23H,12-14H2.